The van der Waals surface area contributed by atoms with Crippen molar-refractivity contribution in [2.24, 2.45) is 4.99 Å². The maximum Gasteiger partial charge on any atom is 0.325 e. The number of aromatic amines is 3. The van der Waals surface area contributed by atoms with Crippen molar-refractivity contribution >= 4 is 24.1 Å². The van der Waals surface area contributed by atoms with Crippen molar-refractivity contribution < 1.29 is 5.11 Å². The normalized spacial score (nSPS) is 11.1. The molecule has 0 spiro atoms. The van der Waals surface area contributed by atoms with Crippen molar-refractivity contribution in [2.75, 3.05) is 0 Å². The van der Waals surface area contributed by atoms with Gasteiger partial charge in [-0.2, -0.15) is 0 Å². The maximum absolute atomic E-state index is 12.1. The summed E-state index contributed by atoms with van der Waals surface area (Å²) in [5.41, 5.74) is -0.903. The third-order valence-electron chi connectivity index (χ3n) is 3.51. The number of benzene rings is 1. The van der Waals surface area contributed by atoms with Crippen LogP contribution in [-0.4, -0.2) is 30.8 Å². The molecule has 10 heteroatoms. The minimum atomic E-state index is -0.729. The second-order valence-corrected chi connectivity index (χ2v) is 5.77. The minimum absolute atomic E-state index is 0.0112. The van der Waals surface area contributed by atoms with Crippen molar-refractivity contribution in [1.29, 1.82) is 0 Å². The zero-order valence-electron chi connectivity index (χ0n) is 13.4. The van der Waals surface area contributed by atoms with Gasteiger partial charge in [0.1, 0.15) is 11.3 Å². The highest BCUT2D eigenvalue weighted by Crippen LogP contribution is 2.19. The number of aromatic nitrogens is 4. The first-order valence-corrected chi connectivity index (χ1v) is 7.79. The Hall–Kier alpha value is -3.53. The van der Waals surface area contributed by atoms with E-state index in [1.807, 2.05) is 18.0 Å². The van der Waals surface area contributed by atoms with Gasteiger partial charge in [-0.25, -0.2) is 9.79 Å². The topological polar surface area (TPSA) is 136 Å². The number of rotatable bonds is 3. The number of hydrogen-bond donors (Lipinski definition) is 4. The lowest BCUT2D eigenvalue weighted by molar-refractivity contribution is 0.432. The van der Waals surface area contributed by atoms with Gasteiger partial charge in [0.25, 0.3) is 11.1 Å². The fourth-order valence-electron chi connectivity index (χ4n) is 2.29. The van der Waals surface area contributed by atoms with E-state index in [4.69, 9.17) is 12.2 Å². The van der Waals surface area contributed by atoms with Crippen LogP contribution in [0.3, 0.4) is 0 Å². The second-order valence-electron chi connectivity index (χ2n) is 5.39. The van der Waals surface area contributed by atoms with Crippen LogP contribution >= 0.6 is 12.2 Å². The molecule has 0 aliphatic rings. The number of nitrogens with one attached hydrogen (secondary N) is 3. The SMILES string of the molecule is Cc1cccc(-n2c(O)c(C=Nc3c[nH]c(=O)[nH]c3=O)c(=O)[nH]c2=S)c1. The van der Waals surface area contributed by atoms with Crippen LogP contribution in [0, 0.1) is 11.7 Å². The lowest BCUT2D eigenvalue weighted by Gasteiger charge is -2.11. The lowest BCUT2D eigenvalue weighted by Crippen LogP contribution is -2.21. The fourth-order valence-corrected chi connectivity index (χ4v) is 2.58. The van der Waals surface area contributed by atoms with Gasteiger partial charge in [-0.3, -0.25) is 24.1 Å². The van der Waals surface area contributed by atoms with Gasteiger partial charge in [-0.05, 0) is 36.8 Å². The van der Waals surface area contributed by atoms with E-state index < -0.39 is 22.7 Å². The Kier molecular flexibility index (Phi) is 4.50. The number of aliphatic imine (C=N–C) groups is 1. The minimum Gasteiger partial charge on any atom is -0.494 e. The van der Waals surface area contributed by atoms with Crippen LogP contribution in [-0.2, 0) is 0 Å². The molecule has 0 unspecified atom stereocenters. The lowest BCUT2D eigenvalue weighted by atomic mass is 10.2. The van der Waals surface area contributed by atoms with E-state index in [1.165, 1.54) is 4.57 Å². The summed E-state index contributed by atoms with van der Waals surface area (Å²) < 4.78 is 1.29. The molecule has 3 aromatic rings. The molecular formula is C16H13N5O4S. The molecule has 0 saturated carbocycles. The molecule has 0 amide bonds. The second kappa shape index (κ2) is 6.76. The van der Waals surface area contributed by atoms with Crippen LogP contribution in [0.15, 0.2) is 49.8 Å². The Bertz CT molecular complexity index is 1250. The third-order valence-corrected chi connectivity index (χ3v) is 3.80. The van der Waals surface area contributed by atoms with Crippen molar-refractivity contribution in [1.82, 2.24) is 19.5 Å². The molecule has 132 valence electrons. The van der Waals surface area contributed by atoms with Gasteiger partial charge >= 0.3 is 5.69 Å². The number of H-pyrrole nitrogens is 3. The molecule has 2 heterocycles. The van der Waals surface area contributed by atoms with Gasteiger partial charge in [0.15, 0.2) is 4.77 Å². The van der Waals surface area contributed by atoms with E-state index in [2.05, 4.69) is 15.0 Å². The van der Waals surface area contributed by atoms with E-state index >= 15 is 0 Å². The smallest absolute Gasteiger partial charge is 0.325 e. The standard InChI is InChI=1S/C16H13N5O4S/c1-8-3-2-4-9(5-8)21-14(24)10(12(22)20-16(21)26)6-17-11-7-18-15(25)19-13(11)23/h2-7,24H,1H3,(H,20,22,26)(H2,18,19,23,25). The summed E-state index contributed by atoms with van der Waals surface area (Å²) in [4.78, 5) is 45.4. The molecule has 0 aliphatic heterocycles. The van der Waals surface area contributed by atoms with Gasteiger partial charge < -0.3 is 10.1 Å². The highest BCUT2D eigenvalue weighted by Gasteiger charge is 2.13. The van der Waals surface area contributed by atoms with E-state index in [0.29, 0.717) is 5.69 Å². The summed E-state index contributed by atoms with van der Waals surface area (Å²) in [7, 11) is 0. The van der Waals surface area contributed by atoms with Crippen LogP contribution in [0.5, 0.6) is 5.88 Å². The van der Waals surface area contributed by atoms with E-state index in [0.717, 1.165) is 18.0 Å². The first-order valence-electron chi connectivity index (χ1n) is 7.38. The van der Waals surface area contributed by atoms with E-state index in [1.54, 1.807) is 18.2 Å². The van der Waals surface area contributed by atoms with E-state index in [9.17, 15) is 19.5 Å². The van der Waals surface area contributed by atoms with Gasteiger partial charge in [0.05, 0.1) is 5.69 Å². The monoisotopic (exact) mass is 371 g/mol. The van der Waals surface area contributed by atoms with Crippen LogP contribution in [0.1, 0.15) is 11.1 Å². The predicted molar refractivity (Wildman–Crippen MR) is 98.6 cm³/mol. The van der Waals surface area contributed by atoms with Crippen LogP contribution < -0.4 is 16.8 Å². The molecule has 3 rings (SSSR count). The molecule has 2 aromatic heterocycles. The van der Waals surface area contributed by atoms with Crippen molar-refractivity contribution in [2.45, 2.75) is 6.92 Å². The molecule has 0 saturated heterocycles. The molecule has 0 aliphatic carbocycles. The highest BCUT2D eigenvalue weighted by atomic mass is 32.1. The van der Waals surface area contributed by atoms with Crippen molar-refractivity contribution in [3.63, 3.8) is 0 Å². The zero-order valence-corrected chi connectivity index (χ0v) is 14.3. The Labute approximate surface area is 150 Å². The van der Waals surface area contributed by atoms with Crippen LogP contribution in [0.25, 0.3) is 5.69 Å². The molecule has 4 N–H and O–H groups in total. The number of hydrogen-bond acceptors (Lipinski definition) is 6. The molecule has 0 atom stereocenters. The fraction of sp³-hybridized carbons (Fsp3) is 0.0625. The predicted octanol–water partition coefficient (Wildman–Crippen LogP) is 1.04. The van der Waals surface area contributed by atoms with Gasteiger partial charge in [-0.15, -0.1) is 0 Å². The summed E-state index contributed by atoms with van der Waals surface area (Å²) >= 11 is 5.13. The zero-order chi connectivity index (χ0) is 18.8. The number of aromatic hydroxyl groups is 1. The molecule has 0 radical (unpaired) electrons. The van der Waals surface area contributed by atoms with Crippen molar-refractivity contribution in [3.05, 3.63) is 77.6 Å². The third kappa shape index (κ3) is 3.30. The maximum atomic E-state index is 12.1. The van der Waals surface area contributed by atoms with Crippen molar-refractivity contribution in [3.8, 4) is 11.6 Å². The first kappa shape index (κ1) is 17.3. The summed E-state index contributed by atoms with van der Waals surface area (Å²) in [6, 6.07) is 7.15. The summed E-state index contributed by atoms with van der Waals surface area (Å²) in [5, 5.41) is 10.5. The van der Waals surface area contributed by atoms with E-state index in [-0.39, 0.29) is 16.0 Å². The Balaban J connectivity index is 2.17. The molecule has 26 heavy (non-hydrogen) atoms. The number of aryl methyl sites for hydroxylation is 1. The summed E-state index contributed by atoms with van der Waals surface area (Å²) in [6.45, 7) is 1.88. The van der Waals surface area contributed by atoms with Crippen LogP contribution in [0.2, 0.25) is 0 Å². The Morgan fingerprint density at radius 3 is 2.65 bits per heavy atom. The summed E-state index contributed by atoms with van der Waals surface area (Å²) in [5.74, 6) is -0.422. The Morgan fingerprint density at radius 2 is 1.96 bits per heavy atom. The first-order chi connectivity index (χ1) is 12.4. The highest BCUT2D eigenvalue weighted by molar-refractivity contribution is 7.71. The molecule has 0 bridgehead atoms. The molecule has 1 aromatic carbocycles. The quantitative estimate of drug-likeness (QED) is 0.403. The summed E-state index contributed by atoms with van der Waals surface area (Å²) in [6.07, 6.45) is 2.12. The largest absolute Gasteiger partial charge is 0.494 e. The van der Waals surface area contributed by atoms with Crippen LogP contribution in [0.4, 0.5) is 5.69 Å². The van der Waals surface area contributed by atoms with Gasteiger partial charge in [-0.1, -0.05) is 12.1 Å². The average Bonchev–Trinajstić information content (AvgIpc) is 2.56. The molecule has 0 fully saturated rings. The molecular weight excluding hydrogens is 358 g/mol. The molecule has 9 nitrogen and oxygen atoms in total. The number of nitrogens with zero attached hydrogens (tertiary/aromatic N) is 2. The average molecular weight is 371 g/mol. The van der Waals surface area contributed by atoms with Gasteiger partial charge in [0.2, 0.25) is 5.88 Å². The van der Waals surface area contributed by atoms with Gasteiger partial charge in [0, 0.05) is 12.4 Å². The Morgan fingerprint density at radius 1 is 1.19 bits per heavy atom.